The minimum atomic E-state index is -0.0858. The number of nitrogens with two attached hydrogens (primary N) is 1. The van der Waals surface area contributed by atoms with E-state index in [1.165, 1.54) is 0 Å². The lowest BCUT2D eigenvalue weighted by Crippen LogP contribution is -2.34. The molecule has 2 saturated heterocycles. The van der Waals surface area contributed by atoms with E-state index >= 15 is 0 Å². The van der Waals surface area contributed by atoms with Crippen LogP contribution in [0.15, 0.2) is 24.3 Å². The maximum atomic E-state index is 12.5. The fourth-order valence-corrected chi connectivity index (χ4v) is 3.05. The molecule has 126 valence electrons. The molecule has 3 rings (SSSR count). The Hall–Kier alpha value is -1.79. The van der Waals surface area contributed by atoms with Gasteiger partial charge >= 0.3 is 6.03 Å². The maximum Gasteiger partial charge on any atom is 0.321 e. The second kappa shape index (κ2) is 6.76. The fourth-order valence-electron chi connectivity index (χ4n) is 3.05. The molecule has 3 N–H and O–H groups in total. The predicted octanol–water partition coefficient (Wildman–Crippen LogP) is 1.45. The number of amides is 3. The number of benzene rings is 1. The number of rotatable bonds is 3. The molecule has 1 aromatic rings. The average molecular weight is 339 g/mol. The van der Waals surface area contributed by atoms with Crippen LogP contribution in [0, 0.1) is 5.41 Å². The van der Waals surface area contributed by atoms with Crippen molar-refractivity contribution in [2.45, 2.75) is 13.3 Å². The molecule has 2 fully saturated rings. The van der Waals surface area contributed by atoms with E-state index in [1.54, 1.807) is 17.0 Å². The van der Waals surface area contributed by atoms with Crippen LogP contribution in [0.25, 0.3) is 0 Å². The molecule has 0 spiro atoms. The topological polar surface area (TPSA) is 78.7 Å². The summed E-state index contributed by atoms with van der Waals surface area (Å²) < 4.78 is 0. The molecule has 2 aliphatic heterocycles. The van der Waals surface area contributed by atoms with E-state index < -0.39 is 0 Å². The SMILES string of the molecule is CC1(CN)CCN(C(=O)c2ccc(N3CCNC3=O)cc2)C1.Cl. The zero-order valence-electron chi connectivity index (χ0n) is 13.2. The maximum absolute atomic E-state index is 12.5. The van der Waals surface area contributed by atoms with Gasteiger partial charge in [-0.1, -0.05) is 6.92 Å². The molecule has 7 heteroatoms. The van der Waals surface area contributed by atoms with Crippen molar-refractivity contribution in [1.29, 1.82) is 0 Å². The first-order valence-corrected chi connectivity index (χ1v) is 7.67. The van der Waals surface area contributed by atoms with Gasteiger partial charge in [-0.25, -0.2) is 4.79 Å². The summed E-state index contributed by atoms with van der Waals surface area (Å²) >= 11 is 0. The first-order chi connectivity index (χ1) is 10.5. The van der Waals surface area contributed by atoms with Gasteiger partial charge in [0.2, 0.25) is 0 Å². The van der Waals surface area contributed by atoms with Crippen LogP contribution in [0.2, 0.25) is 0 Å². The third-order valence-electron chi connectivity index (χ3n) is 4.62. The summed E-state index contributed by atoms with van der Waals surface area (Å²) in [6.45, 7) is 5.49. The molecule has 3 amide bonds. The van der Waals surface area contributed by atoms with Gasteiger partial charge < -0.3 is 16.0 Å². The van der Waals surface area contributed by atoms with Crippen molar-refractivity contribution in [3.63, 3.8) is 0 Å². The minimum Gasteiger partial charge on any atom is -0.338 e. The number of likely N-dealkylation sites (tertiary alicyclic amines) is 1. The van der Waals surface area contributed by atoms with Gasteiger partial charge in [0.05, 0.1) is 0 Å². The number of nitrogens with zero attached hydrogens (tertiary/aromatic N) is 2. The summed E-state index contributed by atoms with van der Waals surface area (Å²) in [4.78, 5) is 27.7. The highest BCUT2D eigenvalue weighted by atomic mass is 35.5. The molecule has 2 aliphatic rings. The highest BCUT2D eigenvalue weighted by Crippen LogP contribution is 2.29. The van der Waals surface area contributed by atoms with Gasteiger partial charge in [0, 0.05) is 37.4 Å². The summed E-state index contributed by atoms with van der Waals surface area (Å²) in [7, 11) is 0. The smallest absolute Gasteiger partial charge is 0.321 e. The summed E-state index contributed by atoms with van der Waals surface area (Å²) in [6.07, 6.45) is 0.946. The van der Waals surface area contributed by atoms with Gasteiger partial charge in [-0.15, -0.1) is 12.4 Å². The molecular formula is C16H23ClN4O2. The number of carbonyl (C=O) groups is 2. The van der Waals surface area contributed by atoms with E-state index in [0.717, 1.165) is 18.7 Å². The first-order valence-electron chi connectivity index (χ1n) is 7.67. The van der Waals surface area contributed by atoms with Gasteiger partial charge in [0.25, 0.3) is 5.91 Å². The Bertz CT molecular complexity index is 592. The molecule has 6 nitrogen and oxygen atoms in total. The molecule has 1 aromatic carbocycles. The second-order valence-corrected chi connectivity index (χ2v) is 6.42. The van der Waals surface area contributed by atoms with Gasteiger partial charge in [-0.05, 0) is 42.6 Å². The third-order valence-corrected chi connectivity index (χ3v) is 4.62. The van der Waals surface area contributed by atoms with Crippen molar-refractivity contribution in [3.8, 4) is 0 Å². The largest absolute Gasteiger partial charge is 0.338 e. The van der Waals surface area contributed by atoms with Crippen LogP contribution >= 0.6 is 12.4 Å². The lowest BCUT2D eigenvalue weighted by Gasteiger charge is -2.22. The lowest BCUT2D eigenvalue weighted by atomic mass is 9.90. The van der Waals surface area contributed by atoms with Crippen molar-refractivity contribution in [2.75, 3.05) is 37.6 Å². The quantitative estimate of drug-likeness (QED) is 0.875. The average Bonchev–Trinajstić information content (AvgIpc) is 3.14. The van der Waals surface area contributed by atoms with E-state index in [0.29, 0.717) is 31.7 Å². The first kappa shape index (κ1) is 17.6. The zero-order valence-corrected chi connectivity index (χ0v) is 14.1. The summed E-state index contributed by atoms with van der Waals surface area (Å²) in [5, 5.41) is 2.77. The summed E-state index contributed by atoms with van der Waals surface area (Å²) in [5.74, 6) is 0.0367. The molecule has 1 atom stereocenters. The van der Waals surface area contributed by atoms with Crippen molar-refractivity contribution >= 4 is 30.0 Å². The summed E-state index contributed by atoms with van der Waals surface area (Å²) in [5.41, 5.74) is 7.30. The van der Waals surface area contributed by atoms with Gasteiger partial charge in [0.15, 0.2) is 0 Å². The Kier molecular flexibility index (Phi) is 5.16. The molecule has 0 radical (unpaired) electrons. The van der Waals surface area contributed by atoms with Crippen molar-refractivity contribution in [2.24, 2.45) is 11.1 Å². The van der Waals surface area contributed by atoms with Crippen LogP contribution in [-0.4, -0.2) is 49.6 Å². The number of hydrogen-bond donors (Lipinski definition) is 2. The van der Waals surface area contributed by atoms with Gasteiger partial charge in [-0.3, -0.25) is 9.69 Å². The number of hydrogen-bond acceptors (Lipinski definition) is 3. The molecule has 0 bridgehead atoms. The Balaban J connectivity index is 0.00000192. The third kappa shape index (κ3) is 3.43. The van der Waals surface area contributed by atoms with Crippen molar-refractivity contribution in [3.05, 3.63) is 29.8 Å². The Labute approximate surface area is 142 Å². The lowest BCUT2D eigenvalue weighted by molar-refractivity contribution is 0.0777. The number of urea groups is 1. The predicted molar refractivity (Wildman–Crippen MR) is 92.1 cm³/mol. The Morgan fingerprint density at radius 2 is 2.00 bits per heavy atom. The second-order valence-electron chi connectivity index (χ2n) is 6.42. The van der Waals surface area contributed by atoms with Crippen LogP contribution in [0.4, 0.5) is 10.5 Å². The fraction of sp³-hybridized carbons (Fsp3) is 0.500. The minimum absolute atomic E-state index is 0. The van der Waals surface area contributed by atoms with E-state index in [4.69, 9.17) is 5.73 Å². The van der Waals surface area contributed by atoms with Crippen LogP contribution in [0.1, 0.15) is 23.7 Å². The van der Waals surface area contributed by atoms with Crippen molar-refractivity contribution < 1.29 is 9.59 Å². The van der Waals surface area contributed by atoms with Crippen LogP contribution < -0.4 is 16.0 Å². The molecular weight excluding hydrogens is 316 g/mol. The Morgan fingerprint density at radius 3 is 2.52 bits per heavy atom. The highest BCUT2D eigenvalue weighted by molar-refractivity contribution is 5.97. The molecule has 1 unspecified atom stereocenters. The molecule has 23 heavy (non-hydrogen) atoms. The van der Waals surface area contributed by atoms with Crippen molar-refractivity contribution in [1.82, 2.24) is 10.2 Å². The number of halogens is 1. The molecule has 0 saturated carbocycles. The normalized spacial score (nSPS) is 23.7. The van der Waals surface area contributed by atoms with Crippen LogP contribution in [0.3, 0.4) is 0 Å². The number of nitrogens with one attached hydrogen (secondary N) is 1. The van der Waals surface area contributed by atoms with Gasteiger partial charge in [0.1, 0.15) is 0 Å². The van der Waals surface area contributed by atoms with Crippen LogP contribution in [0.5, 0.6) is 0 Å². The standard InChI is InChI=1S/C16H22N4O2.ClH/c1-16(10-17)6-8-19(11-16)14(21)12-2-4-13(5-3-12)20-9-7-18-15(20)22;/h2-5H,6-11,17H2,1H3,(H,18,22);1H. The van der Waals surface area contributed by atoms with E-state index in [9.17, 15) is 9.59 Å². The summed E-state index contributed by atoms with van der Waals surface area (Å²) in [6, 6.07) is 7.16. The van der Waals surface area contributed by atoms with E-state index in [-0.39, 0.29) is 29.8 Å². The number of anilines is 1. The van der Waals surface area contributed by atoms with Crippen LogP contribution in [-0.2, 0) is 0 Å². The number of carbonyl (C=O) groups excluding carboxylic acids is 2. The zero-order chi connectivity index (χ0) is 15.7. The monoisotopic (exact) mass is 338 g/mol. The Morgan fingerprint density at radius 1 is 1.30 bits per heavy atom. The van der Waals surface area contributed by atoms with Gasteiger partial charge in [-0.2, -0.15) is 0 Å². The molecule has 2 heterocycles. The molecule has 0 aromatic heterocycles. The highest BCUT2D eigenvalue weighted by Gasteiger charge is 2.35. The van der Waals surface area contributed by atoms with E-state index in [1.807, 2.05) is 17.0 Å². The molecule has 0 aliphatic carbocycles. The van der Waals surface area contributed by atoms with E-state index in [2.05, 4.69) is 12.2 Å².